The molecule has 4 heteroatoms. The molecule has 3 aliphatic heterocycles. The average Bonchev–Trinajstić information content (AvgIpc) is 2.92. The Bertz CT molecular complexity index is 1060. The minimum atomic E-state index is -0.165. The maximum absolute atomic E-state index is 10.8. The number of benzene rings is 2. The van der Waals surface area contributed by atoms with Crippen LogP contribution in [-0.2, 0) is 23.1 Å². The molecule has 0 amide bonds. The number of rotatable bonds is 4. The van der Waals surface area contributed by atoms with Crippen molar-refractivity contribution in [3.05, 3.63) is 58.7 Å². The molecule has 154 valence electrons. The van der Waals surface area contributed by atoms with Crippen molar-refractivity contribution < 1.29 is 14.1 Å². The van der Waals surface area contributed by atoms with Gasteiger partial charge in [-0.1, -0.05) is 0 Å². The summed E-state index contributed by atoms with van der Waals surface area (Å²) in [6.45, 7) is 7.37. The Morgan fingerprint density at radius 1 is 1.03 bits per heavy atom. The number of hydrogen-bond donors (Lipinski definition) is 0. The van der Waals surface area contributed by atoms with Gasteiger partial charge in [-0.25, -0.2) is 0 Å². The molecule has 0 saturated carbocycles. The summed E-state index contributed by atoms with van der Waals surface area (Å²) in [5.41, 5.74) is 9.27. The molecule has 0 aliphatic carbocycles. The van der Waals surface area contributed by atoms with Crippen LogP contribution in [-0.4, -0.2) is 36.9 Å². The van der Waals surface area contributed by atoms with E-state index in [0.29, 0.717) is 12.2 Å². The lowest BCUT2D eigenvalue weighted by Crippen LogP contribution is -2.34. The molecule has 2 aromatic carbocycles. The molecule has 0 unspecified atom stereocenters. The van der Waals surface area contributed by atoms with Gasteiger partial charge in [0.15, 0.2) is 5.71 Å². The molecule has 2 aromatic rings. The summed E-state index contributed by atoms with van der Waals surface area (Å²) in [7, 11) is 2.11. The standard InChI is InChI=1S/C26H29N2O2/c1-26(2)22-16-21(30-17-29)9-10-23(22)27(3)24(26)11-8-18-14-19-6-4-12-28-13-5-7-20(15-18)25(19)28/h8-11,14-17H,4-7,12-13H2,1-3H3/q+1. The number of nitrogens with zero attached hydrogens (tertiary/aromatic N) is 2. The van der Waals surface area contributed by atoms with E-state index in [1.807, 2.05) is 18.2 Å². The van der Waals surface area contributed by atoms with Crippen LogP contribution in [0.3, 0.4) is 0 Å². The fourth-order valence-corrected chi connectivity index (χ4v) is 5.55. The molecule has 0 fully saturated rings. The van der Waals surface area contributed by atoms with Crippen LogP contribution in [0.1, 0.15) is 48.9 Å². The summed E-state index contributed by atoms with van der Waals surface area (Å²) in [5, 5.41) is 0. The first-order valence-corrected chi connectivity index (χ1v) is 10.9. The van der Waals surface area contributed by atoms with Crippen molar-refractivity contribution >= 4 is 29.6 Å². The van der Waals surface area contributed by atoms with Gasteiger partial charge < -0.3 is 9.64 Å². The molecule has 30 heavy (non-hydrogen) atoms. The molecule has 0 N–H and O–H groups in total. The maximum atomic E-state index is 10.8. The molecule has 0 atom stereocenters. The molecule has 3 aliphatic rings. The molecule has 0 saturated heterocycles. The third-order valence-electron chi connectivity index (χ3n) is 6.98. The summed E-state index contributed by atoms with van der Waals surface area (Å²) < 4.78 is 7.34. The monoisotopic (exact) mass is 401 g/mol. The molecule has 4 nitrogen and oxygen atoms in total. The number of fused-ring (bicyclic) bond motifs is 1. The highest BCUT2D eigenvalue weighted by Gasteiger charge is 2.43. The number of carbonyl (C=O) groups excluding carboxylic acids is 1. The minimum Gasteiger partial charge on any atom is -0.429 e. The van der Waals surface area contributed by atoms with E-state index in [1.165, 1.54) is 72.4 Å². The van der Waals surface area contributed by atoms with Gasteiger partial charge in [-0.05, 0) is 86.6 Å². The molecule has 5 rings (SSSR count). The van der Waals surface area contributed by atoms with Crippen molar-refractivity contribution in [3.8, 4) is 5.75 Å². The summed E-state index contributed by atoms with van der Waals surface area (Å²) >= 11 is 0. The molecule has 0 aromatic heterocycles. The Hall–Kier alpha value is -2.88. The van der Waals surface area contributed by atoms with Crippen LogP contribution in [0.2, 0.25) is 0 Å². The Morgan fingerprint density at radius 3 is 2.40 bits per heavy atom. The zero-order valence-electron chi connectivity index (χ0n) is 18.1. The van der Waals surface area contributed by atoms with Crippen LogP contribution in [0, 0.1) is 0 Å². The highest BCUT2D eigenvalue weighted by Crippen LogP contribution is 2.41. The van der Waals surface area contributed by atoms with Gasteiger partial charge in [-0.2, -0.15) is 4.58 Å². The molecule has 0 radical (unpaired) electrons. The Morgan fingerprint density at radius 2 is 1.73 bits per heavy atom. The fourth-order valence-electron chi connectivity index (χ4n) is 5.55. The third-order valence-corrected chi connectivity index (χ3v) is 6.98. The van der Waals surface area contributed by atoms with Crippen molar-refractivity contribution in [2.75, 3.05) is 25.0 Å². The first-order valence-electron chi connectivity index (χ1n) is 10.9. The average molecular weight is 402 g/mol. The SMILES string of the molecule is C[N+]1=C(/C=C/c2cc3c4c(c2)CCCN4CCC3)C(C)(C)c2cc(OC=O)ccc21. The summed E-state index contributed by atoms with van der Waals surface area (Å²) in [4.78, 5) is 13.3. The van der Waals surface area contributed by atoms with Crippen LogP contribution in [0.15, 0.2) is 36.4 Å². The number of allylic oxidation sites excluding steroid dienone is 1. The molecule has 0 bridgehead atoms. The number of aryl methyl sites for hydroxylation is 2. The predicted octanol–water partition coefficient (Wildman–Crippen LogP) is 4.64. The second kappa shape index (κ2) is 7.12. The Kier molecular flexibility index (Phi) is 4.53. The number of anilines is 1. The van der Waals surface area contributed by atoms with Crippen LogP contribution in [0.4, 0.5) is 11.4 Å². The Labute approximate surface area is 178 Å². The van der Waals surface area contributed by atoms with Crippen LogP contribution >= 0.6 is 0 Å². The number of hydrogen-bond acceptors (Lipinski definition) is 3. The molecule has 3 heterocycles. The van der Waals surface area contributed by atoms with E-state index in [-0.39, 0.29) is 5.41 Å². The maximum Gasteiger partial charge on any atom is 0.298 e. The van der Waals surface area contributed by atoms with Gasteiger partial charge in [0.1, 0.15) is 12.8 Å². The quantitative estimate of drug-likeness (QED) is 0.553. The van der Waals surface area contributed by atoms with Gasteiger partial charge in [-0.3, -0.25) is 4.79 Å². The predicted molar refractivity (Wildman–Crippen MR) is 121 cm³/mol. The van der Waals surface area contributed by atoms with Gasteiger partial charge in [0.05, 0.1) is 5.41 Å². The summed E-state index contributed by atoms with van der Waals surface area (Å²) in [6.07, 6.45) is 9.42. The van der Waals surface area contributed by atoms with Crippen LogP contribution in [0.5, 0.6) is 5.75 Å². The number of carbonyl (C=O) groups is 1. The van der Waals surface area contributed by atoms with E-state index in [0.717, 1.165) is 5.69 Å². The lowest BCUT2D eigenvalue weighted by molar-refractivity contribution is -0.401. The van der Waals surface area contributed by atoms with Crippen molar-refractivity contribution in [2.45, 2.75) is 44.9 Å². The van der Waals surface area contributed by atoms with Gasteiger partial charge >= 0.3 is 0 Å². The second-order valence-corrected chi connectivity index (χ2v) is 9.18. The van der Waals surface area contributed by atoms with Crippen LogP contribution < -0.4 is 9.64 Å². The van der Waals surface area contributed by atoms with Crippen molar-refractivity contribution in [3.63, 3.8) is 0 Å². The lowest BCUT2D eigenvalue weighted by atomic mass is 9.81. The van der Waals surface area contributed by atoms with Crippen molar-refractivity contribution in [1.82, 2.24) is 0 Å². The smallest absolute Gasteiger partial charge is 0.298 e. The first-order chi connectivity index (χ1) is 14.5. The lowest BCUT2D eigenvalue weighted by Gasteiger charge is -2.37. The number of ether oxygens (including phenoxy) is 1. The van der Waals surface area contributed by atoms with E-state index < -0.39 is 0 Å². The highest BCUT2D eigenvalue weighted by molar-refractivity contribution is 6.05. The van der Waals surface area contributed by atoms with E-state index in [2.05, 4.69) is 54.7 Å². The third kappa shape index (κ3) is 2.97. The topological polar surface area (TPSA) is 32.5 Å². The Balaban J connectivity index is 1.50. The van der Waals surface area contributed by atoms with E-state index in [1.54, 1.807) is 0 Å². The van der Waals surface area contributed by atoms with Crippen molar-refractivity contribution in [2.24, 2.45) is 0 Å². The van der Waals surface area contributed by atoms with Gasteiger partial charge in [0.25, 0.3) is 6.47 Å². The normalized spacial score (nSPS) is 19.1. The minimum absolute atomic E-state index is 0.165. The summed E-state index contributed by atoms with van der Waals surface area (Å²) in [5.74, 6) is 0.591. The van der Waals surface area contributed by atoms with Gasteiger partial charge in [0.2, 0.25) is 5.69 Å². The largest absolute Gasteiger partial charge is 0.429 e. The van der Waals surface area contributed by atoms with E-state index in [9.17, 15) is 4.79 Å². The molecule has 0 spiro atoms. The zero-order chi connectivity index (χ0) is 20.9. The molecular formula is C26H29N2O2+. The van der Waals surface area contributed by atoms with Gasteiger partial charge in [0, 0.05) is 36.5 Å². The first kappa shape index (κ1) is 19.1. The second-order valence-electron chi connectivity index (χ2n) is 9.18. The fraction of sp³-hybridized carbons (Fsp3) is 0.385. The van der Waals surface area contributed by atoms with Crippen LogP contribution in [0.25, 0.3) is 6.08 Å². The van der Waals surface area contributed by atoms with Crippen molar-refractivity contribution in [1.29, 1.82) is 0 Å². The van der Waals surface area contributed by atoms with E-state index in [4.69, 9.17) is 4.74 Å². The molecular weight excluding hydrogens is 372 g/mol. The van der Waals surface area contributed by atoms with Gasteiger partial charge in [-0.15, -0.1) is 0 Å². The highest BCUT2D eigenvalue weighted by atomic mass is 16.5. The summed E-state index contributed by atoms with van der Waals surface area (Å²) in [6, 6.07) is 10.6. The van der Waals surface area contributed by atoms with E-state index >= 15 is 0 Å². The zero-order valence-corrected chi connectivity index (χ0v) is 18.1.